The second-order valence-corrected chi connectivity index (χ2v) is 14.9. The molecule has 2 unspecified atom stereocenters. The van der Waals surface area contributed by atoms with Crippen molar-refractivity contribution in [2.45, 2.75) is 145 Å². The summed E-state index contributed by atoms with van der Waals surface area (Å²) in [5, 5.41) is 53.6. The van der Waals surface area contributed by atoms with E-state index >= 15 is 0 Å². The van der Waals surface area contributed by atoms with Crippen LogP contribution in [0.3, 0.4) is 0 Å². The lowest BCUT2D eigenvalue weighted by molar-refractivity contribution is -0.298. The number of hydrogen-bond acceptors (Lipinski definition) is 14. The molecular weight excluding hydrogens is 692 g/mol. The van der Waals surface area contributed by atoms with E-state index in [1.165, 1.54) is 5.06 Å². The molecule has 4 heterocycles. The lowest BCUT2D eigenvalue weighted by atomic mass is 9.62. The third-order valence-corrected chi connectivity index (χ3v) is 11.2. The van der Waals surface area contributed by atoms with Gasteiger partial charge in [-0.15, -0.1) is 0 Å². The van der Waals surface area contributed by atoms with E-state index < -0.39 is 90.8 Å². The van der Waals surface area contributed by atoms with E-state index in [0.29, 0.717) is 12.8 Å². The summed E-state index contributed by atoms with van der Waals surface area (Å²) in [4.78, 5) is 34.7. The minimum atomic E-state index is -1.53. The van der Waals surface area contributed by atoms with Gasteiger partial charge < -0.3 is 54.5 Å². The second kappa shape index (κ2) is 17.5. The monoisotopic (exact) mass is 748 g/mol. The summed E-state index contributed by atoms with van der Waals surface area (Å²) in [7, 11) is 0. The first-order valence-corrected chi connectivity index (χ1v) is 19.2. The van der Waals surface area contributed by atoms with Gasteiger partial charge in [0.25, 0.3) is 0 Å². The van der Waals surface area contributed by atoms with Crippen LogP contribution in [-0.2, 0) is 44.7 Å². The number of carbonyl (C=O) groups is 2. The van der Waals surface area contributed by atoms with Crippen LogP contribution in [0.4, 0.5) is 0 Å². The Kier molecular flexibility index (Phi) is 13.3. The molecule has 5 fully saturated rings. The zero-order valence-corrected chi connectivity index (χ0v) is 30.6. The highest BCUT2D eigenvalue weighted by Gasteiger charge is 2.76. The minimum Gasteiger partial charge on any atom is -0.458 e. The molecule has 0 radical (unpaired) electrons. The van der Waals surface area contributed by atoms with E-state index in [1.807, 2.05) is 24.3 Å². The van der Waals surface area contributed by atoms with Crippen LogP contribution in [-0.4, -0.2) is 136 Å². The summed E-state index contributed by atoms with van der Waals surface area (Å²) in [5.41, 5.74) is 0.242. The van der Waals surface area contributed by atoms with E-state index in [9.17, 15) is 35.1 Å². The van der Waals surface area contributed by atoms with E-state index in [4.69, 9.17) is 28.5 Å². The maximum absolute atomic E-state index is 14.2. The smallest absolute Gasteiger partial charge is 0.327 e. The van der Waals surface area contributed by atoms with Crippen molar-refractivity contribution in [3.63, 3.8) is 0 Å². The molecule has 15 nitrogen and oxygen atoms in total. The minimum absolute atomic E-state index is 0.00655. The number of fused-ring (bicyclic) bond motifs is 4. The first-order valence-electron chi connectivity index (χ1n) is 19.2. The standard InChI is InChI=1S/C38H56N2O13/c1-3-5-7-14-37(15-8-6-4-2)51-30-25-20-38(36(47)39-16-17-41)32(34(46)49-25)40(53-33(38)31(30)52-37)21-24-12-9-11-23(19-24)13-10-18-48-35-29(45)28(44)27(43)26(22-42)50-35/h9-13,19,25-33,35,41-45H,3-8,14-18,20-22H2,1-2H3,(H,39,47)/t25?,26-,27+,28+,29-,30+,31+,32+,33-,35+,38?/m1/s1. The highest BCUT2D eigenvalue weighted by Crippen LogP contribution is 2.58. The molecule has 1 saturated carbocycles. The summed E-state index contributed by atoms with van der Waals surface area (Å²) in [6.45, 7) is 3.65. The van der Waals surface area contributed by atoms with Gasteiger partial charge in [-0.1, -0.05) is 75.9 Å². The first-order chi connectivity index (χ1) is 25.6. The zero-order chi connectivity index (χ0) is 37.8. The number of carbonyl (C=O) groups excluding carboxylic acids is 2. The molecule has 1 amide bonds. The van der Waals surface area contributed by atoms with Gasteiger partial charge in [-0.2, -0.15) is 5.06 Å². The van der Waals surface area contributed by atoms with Crippen molar-refractivity contribution in [2.24, 2.45) is 5.41 Å². The van der Waals surface area contributed by atoms with Crippen molar-refractivity contribution >= 4 is 18.0 Å². The number of nitrogens with one attached hydrogen (secondary N) is 1. The number of aliphatic hydroxyl groups excluding tert-OH is 5. The summed E-state index contributed by atoms with van der Waals surface area (Å²) < 4.78 is 30.7. The highest BCUT2D eigenvalue weighted by molar-refractivity contribution is 5.93. The lowest BCUT2D eigenvalue weighted by Crippen LogP contribution is -2.69. The molecule has 4 saturated heterocycles. The van der Waals surface area contributed by atoms with Crippen molar-refractivity contribution in [1.29, 1.82) is 0 Å². The molecule has 15 heteroatoms. The van der Waals surface area contributed by atoms with Crippen LogP contribution in [0.5, 0.6) is 0 Å². The van der Waals surface area contributed by atoms with Crippen LogP contribution < -0.4 is 5.32 Å². The summed E-state index contributed by atoms with van der Waals surface area (Å²) in [6.07, 6.45) is 1.42. The van der Waals surface area contributed by atoms with E-state index in [-0.39, 0.29) is 32.7 Å². The number of benzene rings is 1. The van der Waals surface area contributed by atoms with Gasteiger partial charge in [0.05, 0.1) is 26.4 Å². The Morgan fingerprint density at radius 1 is 1.02 bits per heavy atom. The van der Waals surface area contributed by atoms with Crippen LogP contribution in [0.1, 0.15) is 82.8 Å². The maximum atomic E-state index is 14.2. The number of unbranched alkanes of at least 4 members (excludes halogenated alkanes) is 4. The number of hydrogen-bond donors (Lipinski definition) is 6. The molecule has 11 atom stereocenters. The van der Waals surface area contributed by atoms with Crippen LogP contribution in [0.15, 0.2) is 30.3 Å². The van der Waals surface area contributed by atoms with E-state index in [2.05, 4.69) is 19.2 Å². The molecule has 6 N–H and O–H groups in total. The molecule has 1 aliphatic carbocycles. The van der Waals surface area contributed by atoms with Gasteiger partial charge in [0.15, 0.2) is 18.1 Å². The Morgan fingerprint density at radius 2 is 1.75 bits per heavy atom. The predicted molar refractivity (Wildman–Crippen MR) is 187 cm³/mol. The Balaban J connectivity index is 1.20. The first kappa shape index (κ1) is 40.1. The van der Waals surface area contributed by atoms with Gasteiger partial charge in [-0.05, 0) is 24.0 Å². The van der Waals surface area contributed by atoms with Crippen LogP contribution in [0.2, 0.25) is 0 Å². The Hall–Kier alpha value is -2.54. The number of nitrogens with zero attached hydrogens (tertiary/aromatic N) is 1. The molecule has 4 aliphatic heterocycles. The van der Waals surface area contributed by atoms with Crippen LogP contribution in [0, 0.1) is 5.41 Å². The Labute approximate surface area is 310 Å². The molecular formula is C38H56N2O13. The van der Waals surface area contributed by atoms with Crippen LogP contribution >= 0.6 is 0 Å². The number of rotatable bonds is 18. The van der Waals surface area contributed by atoms with Crippen molar-refractivity contribution in [1.82, 2.24) is 10.4 Å². The highest BCUT2D eigenvalue weighted by atomic mass is 16.8. The van der Waals surface area contributed by atoms with Crippen molar-refractivity contribution in [2.75, 3.05) is 26.4 Å². The fourth-order valence-corrected chi connectivity index (χ4v) is 8.55. The Morgan fingerprint density at radius 3 is 2.45 bits per heavy atom. The van der Waals surface area contributed by atoms with Crippen molar-refractivity contribution < 1.29 is 63.6 Å². The molecule has 1 aromatic rings. The number of aliphatic hydroxyl groups is 5. The molecule has 53 heavy (non-hydrogen) atoms. The number of hydroxylamine groups is 2. The summed E-state index contributed by atoms with van der Waals surface area (Å²) in [5.74, 6) is -1.83. The number of esters is 1. The Bertz CT molecular complexity index is 1420. The van der Waals surface area contributed by atoms with E-state index in [1.54, 1.807) is 12.2 Å². The van der Waals surface area contributed by atoms with Gasteiger partial charge in [0.1, 0.15) is 54.2 Å². The SMILES string of the molecule is CCCCCC1(CCCCC)O[C@@H]2[C@H]3ON(Cc4cccc(C=CCO[C@H]5O[C@H](CO)[C@H](O)[C@H](O)[C@H]5O)c4)[C@H]4C(=O)OC(CC34C(=O)NCCO)[C@@H]2O1. The second-order valence-electron chi connectivity index (χ2n) is 14.9. The van der Waals surface area contributed by atoms with Gasteiger partial charge in [0.2, 0.25) is 5.91 Å². The fraction of sp³-hybridized carbons (Fsp3) is 0.737. The molecule has 6 rings (SSSR count). The maximum Gasteiger partial charge on any atom is 0.327 e. The molecule has 0 spiro atoms. The normalized spacial score (nSPS) is 36.1. The van der Waals surface area contributed by atoms with Gasteiger partial charge in [-0.25, -0.2) is 0 Å². The summed E-state index contributed by atoms with van der Waals surface area (Å²) in [6, 6.07) is 6.43. The van der Waals surface area contributed by atoms with Crippen LogP contribution in [0.25, 0.3) is 6.08 Å². The average molecular weight is 749 g/mol. The fourth-order valence-electron chi connectivity index (χ4n) is 8.55. The average Bonchev–Trinajstić information content (AvgIpc) is 3.71. The van der Waals surface area contributed by atoms with Gasteiger partial charge in [-0.3, -0.25) is 14.4 Å². The molecule has 2 bridgehead atoms. The van der Waals surface area contributed by atoms with Gasteiger partial charge in [0, 0.05) is 25.8 Å². The largest absolute Gasteiger partial charge is 0.458 e. The molecule has 1 aromatic carbocycles. The van der Waals surface area contributed by atoms with Crippen molar-refractivity contribution in [3.8, 4) is 0 Å². The third kappa shape index (κ3) is 8.07. The zero-order valence-electron chi connectivity index (χ0n) is 30.6. The lowest BCUT2D eigenvalue weighted by Gasteiger charge is -2.48. The molecule has 0 aromatic heterocycles. The third-order valence-electron chi connectivity index (χ3n) is 11.2. The van der Waals surface area contributed by atoms with Gasteiger partial charge >= 0.3 is 5.97 Å². The number of ether oxygens (including phenoxy) is 5. The van der Waals surface area contributed by atoms with E-state index in [0.717, 1.165) is 49.7 Å². The number of amides is 1. The molecule has 5 aliphatic rings. The topological polar surface area (TPSA) is 206 Å². The summed E-state index contributed by atoms with van der Waals surface area (Å²) >= 11 is 0. The predicted octanol–water partition coefficient (Wildman–Crippen LogP) is 1.07. The molecule has 296 valence electrons. The quantitative estimate of drug-likeness (QED) is 0.0918. The van der Waals surface area contributed by atoms with Crippen molar-refractivity contribution in [3.05, 3.63) is 41.5 Å².